The summed E-state index contributed by atoms with van der Waals surface area (Å²) in [6, 6.07) is 9.34. The van der Waals surface area contributed by atoms with Crippen molar-refractivity contribution in [2.45, 2.75) is 6.92 Å². The first kappa shape index (κ1) is 15.4. The number of carbonyl (C=O) groups is 1. The normalized spacial score (nSPS) is 10.3. The van der Waals surface area contributed by atoms with Crippen molar-refractivity contribution in [1.82, 2.24) is 0 Å². The van der Waals surface area contributed by atoms with Gasteiger partial charge < -0.3 is 10.6 Å². The highest BCUT2D eigenvalue weighted by molar-refractivity contribution is 9.10. The monoisotopic (exact) mass is 354 g/mol. The number of anilines is 2. The van der Waals surface area contributed by atoms with E-state index < -0.39 is 11.6 Å². The van der Waals surface area contributed by atoms with Crippen LogP contribution in [0.3, 0.4) is 0 Å². The predicted molar refractivity (Wildman–Crippen MR) is 82.4 cm³/mol. The molecule has 0 aliphatic heterocycles. The van der Waals surface area contributed by atoms with Crippen LogP contribution in [0.25, 0.3) is 0 Å². The van der Waals surface area contributed by atoms with E-state index >= 15 is 0 Å². The molecule has 0 aliphatic carbocycles. The summed E-state index contributed by atoms with van der Waals surface area (Å²) in [5.74, 6) is -1.76. The van der Waals surface area contributed by atoms with Gasteiger partial charge in [0.25, 0.3) is 0 Å². The molecule has 21 heavy (non-hydrogen) atoms. The number of hydrogen-bond donors (Lipinski definition) is 2. The van der Waals surface area contributed by atoms with Gasteiger partial charge in [-0.3, -0.25) is 4.79 Å². The van der Waals surface area contributed by atoms with Crippen LogP contribution in [-0.2, 0) is 4.79 Å². The van der Waals surface area contributed by atoms with Gasteiger partial charge in [-0.1, -0.05) is 12.1 Å². The number of nitrogens with one attached hydrogen (secondary N) is 2. The highest BCUT2D eigenvalue weighted by Gasteiger charge is 2.09. The van der Waals surface area contributed by atoms with Gasteiger partial charge in [0, 0.05) is 11.8 Å². The first-order valence-corrected chi connectivity index (χ1v) is 7.00. The van der Waals surface area contributed by atoms with Crippen LogP contribution in [-0.4, -0.2) is 12.5 Å². The summed E-state index contributed by atoms with van der Waals surface area (Å²) < 4.78 is 26.7. The molecule has 2 aromatic rings. The fraction of sp³-hybridized carbons (Fsp3) is 0.133. The summed E-state index contributed by atoms with van der Waals surface area (Å²) in [5, 5.41) is 5.32. The highest BCUT2D eigenvalue weighted by Crippen LogP contribution is 2.23. The minimum atomic E-state index is -0.751. The number of rotatable bonds is 4. The van der Waals surface area contributed by atoms with Crippen molar-refractivity contribution in [3.8, 4) is 0 Å². The highest BCUT2D eigenvalue weighted by atomic mass is 79.9. The van der Waals surface area contributed by atoms with E-state index in [9.17, 15) is 13.6 Å². The molecule has 0 heterocycles. The molecule has 0 aromatic heterocycles. The zero-order valence-corrected chi connectivity index (χ0v) is 12.8. The van der Waals surface area contributed by atoms with Gasteiger partial charge in [-0.15, -0.1) is 0 Å². The van der Waals surface area contributed by atoms with E-state index in [0.717, 1.165) is 11.6 Å². The second-order valence-electron chi connectivity index (χ2n) is 4.52. The van der Waals surface area contributed by atoms with E-state index in [1.165, 1.54) is 6.07 Å². The van der Waals surface area contributed by atoms with E-state index in [4.69, 9.17) is 0 Å². The van der Waals surface area contributed by atoms with Gasteiger partial charge in [-0.05, 0) is 46.6 Å². The van der Waals surface area contributed by atoms with E-state index in [-0.39, 0.29) is 22.6 Å². The molecule has 2 N–H and O–H groups in total. The standard InChI is InChI=1S/C15H13BrF2N2O/c1-9-3-2-4-10(5-9)20-15(21)8-19-14-6-11(16)12(17)7-13(14)18/h2-7,19H,8H2,1H3,(H,20,21). The van der Waals surface area contributed by atoms with Crippen molar-refractivity contribution in [2.75, 3.05) is 17.2 Å². The molecule has 110 valence electrons. The largest absolute Gasteiger partial charge is 0.374 e. The van der Waals surface area contributed by atoms with Crippen molar-refractivity contribution in [3.05, 3.63) is 58.1 Å². The fourth-order valence-electron chi connectivity index (χ4n) is 1.76. The van der Waals surface area contributed by atoms with Crippen LogP contribution in [0.5, 0.6) is 0 Å². The lowest BCUT2D eigenvalue weighted by Gasteiger charge is -2.09. The molecular weight excluding hydrogens is 342 g/mol. The Balaban J connectivity index is 1.97. The molecule has 0 radical (unpaired) electrons. The van der Waals surface area contributed by atoms with Crippen molar-refractivity contribution in [3.63, 3.8) is 0 Å². The summed E-state index contributed by atoms with van der Waals surface area (Å²) >= 11 is 2.97. The number of carbonyl (C=O) groups excluding carboxylic acids is 1. The molecule has 6 heteroatoms. The molecule has 0 bridgehead atoms. The SMILES string of the molecule is Cc1cccc(NC(=O)CNc2cc(Br)c(F)cc2F)c1. The molecule has 1 amide bonds. The molecule has 0 unspecified atom stereocenters. The summed E-state index contributed by atoms with van der Waals surface area (Å²) in [6.07, 6.45) is 0. The van der Waals surface area contributed by atoms with Crippen molar-refractivity contribution in [1.29, 1.82) is 0 Å². The Labute approximate surface area is 129 Å². The van der Waals surface area contributed by atoms with Gasteiger partial charge in [0.15, 0.2) is 0 Å². The smallest absolute Gasteiger partial charge is 0.243 e. The van der Waals surface area contributed by atoms with Gasteiger partial charge in [-0.25, -0.2) is 8.78 Å². The Hall–Kier alpha value is -1.95. The van der Waals surface area contributed by atoms with E-state index in [0.29, 0.717) is 5.69 Å². The molecule has 2 rings (SSSR count). The lowest BCUT2D eigenvalue weighted by atomic mass is 10.2. The molecule has 0 spiro atoms. The van der Waals surface area contributed by atoms with Crippen molar-refractivity contribution < 1.29 is 13.6 Å². The van der Waals surface area contributed by atoms with Gasteiger partial charge in [-0.2, -0.15) is 0 Å². The van der Waals surface area contributed by atoms with Crippen LogP contribution < -0.4 is 10.6 Å². The van der Waals surface area contributed by atoms with Crippen LogP contribution in [0.15, 0.2) is 40.9 Å². The third-order valence-corrected chi connectivity index (χ3v) is 3.36. The fourth-order valence-corrected chi connectivity index (χ4v) is 2.10. The topological polar surface area (TPSA) is 41.1 Å². The van der Waals surface area contributed by atoms with Crippen LogP contribution in [0.1, 0.15) is 5.56 Å². The predicted octanol–water partition coefficient (Wildman–Crippen LogP) is 4.09. The number of aryl methyl sites for hydroxylation is 1. The summed E-state index contributed by atoms with van der Waals surface area (Å²) in [7, 11) is 0. The average molecular weight is 355 g/mol. The molecule has 0 saturated carbocycles. The zero-order valence-electron chi connectivity index (χ0n) is 11.2. The summed E-state index contributed by atoms with van der Waals surface area (Å²) in [5.41, 5.74) is 1.75. The van der Waals surface area contributed by atoms with Gasteiger partial charge in [0.1, 0.15) is 11.6 Å². The third-order valence-electron chi connectivity index (χ3n) is 2.75. The Morgan fingerprint density at radius 3 is 2.67 bits per heavy atom. The van der Waals surface area contributed by atoms with Gasteiger partial charge in [0.2, 0.25) is 5.91 Å². The number of halogens is 3. The second kappa shape index (κ2) is 6.67. The summed E-state index contributed by atoms with van der Waals surface area (Å²) in [4.78, 5) is 11.8. The molecule has 0 saturated heterocycles. The molecular formula is C15H13BrF2N2O. The number of benzene rings is 2. The maximum Gasteiger partial charge on any atom is 0.243 e. The van der Waals surface area contributed by atoms with Gasteiger partial charge >= 0.3 is 0 Å². The van der Waals surface area contributed by atoms with Crippen LogP contribution >= 0.6 is 15.9 Å². The van der Waals surface area contributed by atoms with Gasteiger partial charge in [0.05, 0.1) is 16.7 Å². The third kappa shape index (κ3) is 4.26. The maximum absolute atomic E-state index is 13.5. The lowest BCUT2D eigenvalue weighted by molar-refractivity contribution is -0.114. The zero-order chi connectivity index (χ0) is 15.4. The Morgan fingerprint density at radius 2 is 1.95 bits per heavy atom. The molecule has 0 atom stereocenters. The number of hydrogen-bond acceptors (Lipinski definition) is 2. The Bertz CT molecular complexity index is 677. The van der Waals surface area contributed by atoms with Crippen LogP contribution in [0, 0.1) is 18.6 Å². The Morgan fingerprint density at radius 1 is 1.19 bits per heavy atom. The first-order chi connectivity index (χ1) is 9.95. The van der Waals surface area contributed by atoms with E-state index in [2.05, 4.69) is 26.6 Å². The molecule has 0 fully saturated rings. The second-order valence-corrected chi connectivity index (χ2v) is 5.37. The molecule has 3 nitrogen and oxygen atoms in total. The van der Waals surface area contributed by atoms with Crippen LogP contribution in [0.2, 0.25) is 0 Å². The Kier molecular flexibility index (Phi) is 4.90. The quantitative estimate of drug-likeness (QED) is 0.812. The molecule has 2 aromatic carbocycles. The first-order valence-electron chi connectivity index (χ1n) is 6.20. The number of amides is 1. The maximum atomic E-state index is 13.5. The molecule has 0 aliphatic rings. The minimum absolute atomic E-state index is 0.0580. The summed E-state index contributed by atoms with van der Waals surface area (Å²) in [6.45, 7) is 1.79. The van der Waals surface area contributed by atoms with Crippen molar-refractivity contribution >= 4 is 33.2 Å². The minimum Gasteiger partial charge on any atom is -0.374 e. The van der Waals surface area contributed by atoms with Crippen molar-refractivity contribution in [2.24, 2.45) is 0 Å². The van der Waals surface area contributed by atoms with Crippen LogP contribution in [0.4, 0.5) is 20.2 Å². The van der Waals surface area contributed by atoms with E-state index in [1.54, 1.807) is 6.07 Å². The average Bonchev–Trinajstić information content (AvgIpc) is 2.41. The van der Waals surface area contributed by atoms with E-state index in [1.807, 2.05) is 25.1 Å². The lowest BCUT2D eigenvalue weighted by Crippen LogP contribution is -2.22.